The molecule has 0 saturated heterocycles. The maximum atomic E-state index is 5.23. The predicted octanol–water partition coefficient (Wildman–Crippen LogP) is 4.34. The smallest absolute Gasteiger partial charge is 0.110 e. The van der Waals surface area contributed by atoms with Gasteiger partial charge in [-0.25, -0.2) is 4.99 Å². The van der Waals surface area contributed by atoms with E-state index in [9.17, 15) is 0 Å². The Balaban J connectivity index is -0.0000000854. The normalized spacial score (nSPS) is 11.2. The number of nitrogens with two attached hydrogens (primary N) is 1. The molecular weight excluding hydrogens is 236 g/mol. The number of amidine groups is 1. The Morgan fingerprint density at radius 1 is 1.21 bits per heavy atom. The molecule has 1 aliphatic rings. The Bertz CT molecular complexity index is 214. The fraction of sp³-hybridized carbons (Fsp3) is 0.800. The second kappa shape index (κ2) is 30.1. The average Bonchev–Trinajstić information content (AvgIpc) is 2.95. The van der Waals surface area contributed by atoms with Crippen LogP contribution < -0.4 is 5.73 Å². The van der Waals surface area contributed by atoms with E-state index in [1.807, 2.05) is 48.5 Å². The zero-order valence-corrected chi connectivity index (χ0v) is 14.6. The van der Waals surface area contributed by atoms with E-state index in [1.165, 1.54) is 0 Å². The fourth-order valence-electron chi connectivity index (χ4n) is 0.641. The zero-order chi connectivity index (χ0) is 16.1. The van der Waals surface area contributed by atoms with E-state index in [0.29, 0.717) is 5.84 Å². The number of hydrogen-bond acceptors (Lipinski definition) is 3. The molecule has 0 amide bonds. The average molecular weight is 272 g/mol. The highest BCUT2D eigenvalue weighted by Crippen LogP contribution is 1.83. The van der Waals surface area contributed by atoms with Crippen molar-refractivity contribution in [3.63, 3.8) is 0 Å². The Hall–Kier alpha value is -1.19. The van der Waals surface area contributed by atoms with Crippen molar-refractivity contribution in [1.82, 2.24) is 0 Å². The molecule has 0 saturated carbocycles. The highest BCUT2D eigenvalue weighted by atomic mass is 14.9. The number of nitrogens with zero attached hydrogens (tertiary/aromatic N) is 3. The van der Waals surface area contributed by atoms with Crippen molar-refractivity contribution in [2.45, 2.75) is 68.7 Å². The van der Waals surface area contributed by atoms with Gasteiger partial charge in [-0.2, -0.15) is 0 Å². The third kappa shape index (κ3) is 38.3. The van der Waals surface area contributed by atoms with Gasteiger partial charge in [-0.15, -0.1) is 0 Å². The number of aliphatic imine (C=N–C) groups is 3. The minimum absolute atomic E-state index is 0.682. The molecule has 19 heavy (non-hydrogen) atoms. The molecule has 0 bridgehead atoms. The van der Waals surface area contributed by atoms with E-state index >= 15 is 0 Å². The summed E-state index contributed by atoms with van der Waals surface area (Å²) in [5.74, 6) is 0.682. The fourth-order valence-corrected chi connectivity index (χ4v) is 0.641. The summed E-state index contributed by atoms with van der Waals surface area (Å²) in [6.07, 6.45) is 2.67. The third-order valence-corrected chi connectivity index (χ3v) is 1.26. The van der Waals surface area contributed by atoms with Crippen molar-refractivity contribution in [1.29, 1.82) is 0 Å². The second-order valence-corrected chi connectivity index (χ2v) is 2.84. The molecule has 1 rings (SSSR count). The number of rotatable bonds is 2. The largest absolute Gasteiger partial charge is 0.388 e. The summed E-state index contributed by atoms with van der Waals surface area (Å²) in [7, 11) is 0. The molecule has 0 aliphatic carbocycles. The summed E-state index contributed by atoms with van der Waals surface area (Å²) >= 11 is 0. The van der Waals surface area contributed by atoms with Gasteiger partial charge in [0.05, 0.1) is 12.4 Å². The molecule has 0 aromatic carbocycles. The highest BCUT2D eigenvalue weighted by Gasteiger charge is 1.89. The lowest BCUT2D eigenvalue weighted by molar-refractivity contribution is 0.929. The van der Waals surface area contributed by atoms with Gasteiger partial charge >= 0.3 is 0 Å². The summed E-state index contributed by atoms with van der Waals surface area (Å²) < 4.78 is 0. The molecule has 0 atom stereocenters. The van der Waals surface area contributed by atoms with Gasteiger partial charge in [-0.05, 0) is 20.3 Å². The van der Waals surface area contributed by atoms with Crippen LogP contribution in [-0.4, -0.2) is 31.0 Å². The summed E-state index contributed by atoms with van der Waals surface area (Å²) in [6, 6.07) is 0. The minimum Gasteiger partial charge on any atom is -0.388 e. The lowest BCUT2D eigenvalue weighted by Gasteiger charge is -1.86. The molecule has 0 aromatic heterocycles. The van der Waals surface area contributed by atoms with Crippen LogP contribution in [0.5, 0.6) is 0 Å². The minimum atomic E-state index is 0.682. The van der Waals surface area contributed by atoms with Crippen LogP contribution in [0.1, 0.15) is 68.7 Å². The maximum absolute atomic E-state index is 5.23. The van der Waals surface area contributed by atoms with Crippen LogP contribution in [0.15, 0.2) is 15.0 Å². The Kier molecular flexibility index (Phi) is 41.8. The van der Waals surface area contributed by atoms with Crippen LogP contribution in [0.25, 0.3) is 0 Å². The first-order chi connectivity index (χ1) is 9.16. The van der Waals surface area contributed by atoms with Crippen LogP contribution in [0, 0.1) is 0 Å². The van der Waals surface area contributed by atoms with Crippen LogP contribution in [-0.2, 0) is 0 Å². The van der Waals surface area contributed by atoms with E-state index in [-0.39, 0.29) is 0 Å². The zero-order valence-electron chi connectivity index (χ0n) is 14.6. The first-order valence-electron chi connectivity index (χ1n) is 7.45. The van der Waals surface area contributed by atoms with Crippen molar-refractivity contribution >= 4 is 17.9 Å². The maximum Gasteiger partial charge on any atom is 0.110 e. The van der Waals surface area contributed by atoms with E-state index in [2.05, 4.69) is 21.9 Å². The topological polar surface area (TPSA) is 63.1 Å². The Labute approximate surface area is 121 Å². The molecule has 1 heterocycles. The molecule has 0 spiro atoms. The van der Waals surface area contributed by atoms with Crippen LogP contribution >= 0.6 is 0 Å². The van der Waals surface area contributed by atoms with Crippen molar-refractivity contribution in [3.05, 3.63) is 0 Å². The van der Waals surface area contributed by atoms with Gasteiger partial charge in [0.2, 0.25) is 0 Å². The third-order valence-electron chi connectivity index (χ3n) is 1.26. The Morgan fingerprint density at radius 2 is 1.68 bits per heavy atom. The van der Waals surface area contributed by atoms with Gasteiger partial charge in [-0.3, -0.25) is 9.98 Å². The molecule has 4 nitrogen and oxygen atoms in total. The van der Waals surface area contributed by atoms with E-state index in [0.717, 1.165) is 25.2 Å². The molecule has 0 radical (unpaired) electrons. The van der Waals surface area contributed by atoms with Gasteiger partial charge in [0.25, 0.3) is 0 Å². The molecular formula is C15H36N4. The molecule has 1 aliphatic heterocycles. The summed E-state index contributed by atoms with van der Waals surface area (Å²) in [6.45, 7) is 19.5. The van der Waals surface area contributed by atoms with Crippen molar-refractivity contribution in [2.75, 3.05) is 13.1 Å². The van der Waals surface area contributed by atoms with Crippen molar-refractivity contribution in [2.24, 2.45) is 20.7 Å². The first-order valence-corrected chi connectivity index (χ1v) is 7.45. The highest BCUT2D eigenvalue weighted by molar-refractivity contribution is 5.94. The van der Waals surface area contributed by atoms with Gasteiger partial charge in [-0.1, -0.05) is 48.5 Å². The molecule has 0 fully saturated rings. The lowest BCUT2D eigenvalue weighted by atomic mass is 10.4. The van der Waals surface area contributed by atoms with E-state index < -0.39 is 0 Å². The summed E-state index contributed by atoms with van der Waals surface area (Å²) in [5, 5.41) is 0. The van der Waals surface area contributed by atoms with Gasteiger partial charge in [0.1, 0.15) is 6.34 Å². The monoisotopic (exact) mass is 272 g/mol. The van der Waals surface area contributed by atoms with Crippen molar-refractivity contribution in [3.8, 4) is 0 Å². The van der Waals surface area contributed by atoms with Crippen LogP contribution in [0.2, 0.25) is 0 Å². The standard InChI is InChI=1S/C5H12N2.C4H6N2.3C2H6/c1-3-4-7-5(2)6;1-4-2-5-3-6-4;3*1-2/h3-4H2,1-2H3,(H2,6,7);3H,2H2,1H3;3*1-2H3. The van der Waals surface area contributed by atoms with Gasteiger partial charge < -0.3 is 5.73 Å². The SMILES string of the molecule is CC.CC.CC.CC1=NC=NC1.CCCN=C(C)N. The van der Waals surface area contributed by atoms with Crippen LogP contribution in [0.4, 0.5) is 0 Å². The predicted molar refractivity (Wildman–Crippen MR) is 93.0 cm³/mol. The molecule has 2 N–H and O–H groups in total. The molecule has 116 valence electrons. The lowest BCUT2D eigenvalue weighted by Crippen LogP contribution is -2.05. The van der Waals surface area contributed by atoms with E-state index in [4.69, 9.17) is 5.73 Å². The Morgan fingerprint density at radius 3 is 1.79 bits per heavy atom. The van der Waals surface area contributed by atoms with Crippen molar-refractivity contribution < 1.29 is 0 Å². The molecule has 0 aromatic rings. The molecule has 4 heteroatoms. The first kappa shape index (κ1) is 26.4. The van der Waals surface area contributed by atoms with E-state index in [1.54, 1.807) is 13.3 Å². The number of hydrogen-bond donors (Lipinski definition) is 1. The quantitative estimate of drug-likeness (QED) is 0.590. The van der Waals surface area contributed by atoms with Gasteiger partial charge in [0.15, 0.2) is 0 Å². The van der Waals surface area contributed by atoms with Gasteiger partial charge in [0, 0.05) is 12.3 Å². The molecule has 0 unspecified atom stereocenters. The second-order valence-electron chi connectivity index (χ2n) is 2.84. The summed E-state index contributed by atoms with van der Waals surface area (Å²) in [5.41, 5.74) is 6.33. The summed E-state index contributed by atoms with van der Waals surface area (Å²) in [4.78, 5) is 11.6. The van der Waals surface area contributed by atoms with Crippen LogP contribution in [0.3, 0.4) is 0 Å².